The number of nitrogens with one attached hydrogen (secondary N) is 2. The summed E-state index contributed by atoms with van der Waals surface area (Å²) in [4.78, 5) is 17.2. The summed E-state index contributed by atoms with van der Waals surface area (Å²) in [7, 11) is 0. The van der Waals surface area contributed by atoms with Crippen molar-refractivity contribution in [2.24, 2.45) is 0 Å². The molecule has 1 heterocycles. The lowest BCUT2D eigenvalue weighted by Gasteiger charge is -2.12. The number of hydrogen-bond acceptors (Lipinski definition) is 5. The highest BCUT2D eigenvalue weighted by Gasteiger charge is 2.11. The van der Waals surface area contributed by atoms with Crippen molar-refractivity contribution in [2.45, 2.75) is 46.1 Å². The third-order valence-corrected chi connectivity index (χ3v) is 5.59. The predicted octanol–water partition coefficient (Wildman–Crippen LogP) is 6.46. The average Bonchev–Trinajstić information content (AvgIpc) is 3.21. The van der Waals surface area contributed by atoms with E-state index in [9.17, 15) is 4.79 Å². The normalized spacial score (nSPS) is 11.1. The topological polar surface area (TPSA) is 76.4 Å². The number of aromatic nitrogens is 1. The number of rotatable bonds is 7. The second-order valence-electron chi connectivity index (χ2n) is 8.97. The fourth-order valence-electron chi connectivity index (χ4n) is 3.63. The molecule has 0 fully saturated rings. The number of amides is 1. The van der Waals surface area contributed by atoms with Crippen LogP contribution in [0, 0.1) is 0 Å². The number of oxazole rings is 1. The zero-order valence-electron chi connectivity index (χ0n) is 20.3. The number of anilines is 1. The van der Waals surface area contributed by atoms with Gasteiger partial charge in [0.1, 0.15) is 11.3 Å². The highest BCUT2D eigenvalue weighted by Crippen LogP contribution is 2.23. The molecule has 0 aliphatic carbocycles. The minimum atomic E-state index is -0.301. The molecule has 0 saturated heterocycles. The van der Waals surface area contributed by atoms with Crippen molar-refractivity contribution in [3.63, 3.8) is 0 Å². The second kappa shape index (κ2) is 10.7. The van der Waals surface area contributed by atoms with Gasteiger partial charge >= 0.3 is 0 Å². The highest BCUT2D eigenvalue weighted by molar-refractivity contribution is 7.80. The largest absolute Gasteiger partial charge is 0.491 e. The summed E-state index contributed by atoms with van der Waals surface area (Å²) in [5.41, 5.74) is 5.23. The van der Waals surface area contributed by atoms with Gasteiger partial charge in [-0.25, -0.2) is 4.98 Å². The molecule has 3 aromatic carbocycles. The standard InChI is InChI=1S/C28H29N3O3S/c1-17(2)20-10-13-25-24(16-20)30-26(34-25)14-19-8-11-22(12-9-19)29-28(35)31-27(32)21-6-5-7-23(15-21)33-18(3)4/h5-13,15-18H,14H2,1-4H3,(H2,29,31,32,35). The smallest absolute Gasteiger partial charge is 0.257 e. The molecule has 180 valence electrons. The quantitative estimate of drug-likeness (QED) is 0.292. The van der Waals surface area contributed by atoms with E-state index in [1.165, 1.54) is 5.56 Å². The summed E-state index contributed by atoms with van der Waals surface area (Å²) < 4.78 is 11.6. The summed E-state index contributed by atoms with van der Waals surface area (Å²) in [5, 5.41) is 5.98. The van der Waals surface area contributed by atoms with E-state index in [1.54, 1.807) is 18.2 Å². The first-order valence-electron chi connectivity index (χ1n) is 11.6. The molecule has 0 spiro atoms. The van der Waals surface area contributed by atoms with E-state index < -0.39 is 0 Å². The molecule has 35 heavy (non-hydrogen) atoms. The van der Waals surface area contributed by atoms with E-state index >= 15 is 0 Å². The third-order valence-electron chi connectivity index (χ3n) is 5.38. The van der Waals surface area contributed by atoms with Crippen LogP contribution >= 0.6 is 12.2 Å². The molecule has 4 aromatic rings. The molecule has 4 rings (SSSR count). The molecule has 0 saturated carbocycles. The molecule has 0 bridgehead atoms. The fraction of sp³-hybridized carbons (Fsp3) is 0.250. The minimum Gasteiger partial charge on any atom is -0.491 e. The first-order chi connectivity index (χ1) is 16.8. The zero-order valence-corrected chi connectivity index (χ0v) is 21.1. The molecule has 1 amide bonds. The Morgan fingerprint density at radius 2 is 1.80 bits per heavy atom. The van der Waals surface area contributed by atoms with Gasteiger partial charge in [-0.2, -0.15) is 0 Å². The molecule has 0 aliphatic heterocycles. The number of benzene rings is 3. The molecular formula is C28H29N3O3S. The molecular weight excluding hydrogens is 458 g/mol. The van der Waals surface area contributed by atoms with Crippen molar-refractivity contribution in [2.75, 3.05) is 5.32 Å². The van der Waals surface area contributed by atoms with Gasteiger partial charge in [-0.3, -0.25) is 10.1 Å². The Morgan fingerprint density at radius 1 is 1.03 bits per heavy atom. The predicted molar refractivity (Wildman–Crippen MR) is 143 cm³/mol. The van der Waals surface area contributed by atoms with Crippen LogP contribution in [0.3, 0.4) is 0 Å². The van der Waals surface area contributed by atoms with Crippen molar-refractivity contribution in [3.8, 4) is 5.75 Å². The van der Waals surface area contributed by atoms with Crippen LogP contribution in [0.15, 0.2) is 71.1 Å². The monoisotopic (exact) mass is 487 g/mol. The van der Waals surface area contributed by atoms with Gasteiger partial charge in [-0.1, -0.05) is 38.1 Å². The average molecular weight is 488 g/mol. The van der Waals surface area contributed by atoms with Crippen LogP contribution in [0.2, 0.25) is 0 Å². The summed E-state index contributed by atoms with van der Waals surface area (Å²) in [6, 6.07) is 20.9. The maximum atomic E-state index is 12.6. The summed E-state index contributed by atoms with van der Waals surface area (Å²) >= 11 is 5.32. The molecule has 0 unspecified atom stereocenters. The van der Waals surface area contributed by atoms with Gasteiger partial charge in [-0.15, -0.1) is 0 Å². The van der Waals surface area contributed by atoms with Gasteiger partial charge in [0, 0.05) is 17.7 Å². The van der Waals surface area contributed by atoms with E-state index in [2.05, 4.69) is 41.6 Å². The lowest BCUT2D eigenvalue weighted by Crippen LogP contribution is -2.34. The molecule has 1 aromatic heterocycles. The molecule has 0 aliphatic rings. The van der Waals surface area contributed by atoms with Crippen LogP contribution in [0.1, 0.15) is 61.0 Å². The highest BCUT2D eigenvalue weighted by atomic mass is 32.1. The van der Waals surface area contributed by atoms with Crippen molar-refractivity contribution >= 4 is 40.0 Å². The van der Waals surface area contributed by atoms with Gasteiger partial charge in [0.2, 0.25) is 0 Å². The Morgan fingerprint density at radius 3 is 2.51 bits per heavy atom. The number of carbonyl (C=O) groups excluding carboxylic acids is 1. The van der Waals surface area contributed by atoms with Crippen molar-refractivity contribution in [1.29, 1.82) is 0 Å². The van der Waals surface area contributed by atoms with E-state index in [1.807, 2.05) is 50.2 Å². The minimum absolute atomic E-state index is 0.0272. The lowest BCUT2D eigenvalue weighted by atomic mass is 10.0. The second-order valence-corrected chi connectivity index (χ2v) is 9.37. The van der Waals surface area contributed by atoms with Crippen LogP contribution in [-0.2, 0) is 6.42 Å². The number of fused-ring (bicyclic) bond motifs is 1. The van der Waals surface area contributed by atoms with Crippen LogP contribution in [0.4, 0.5) is 5.69 Å². The van der Waals surface area contributed by atoms with Crippen molar-refractivity contribution < 1.29 is 13.9 Å². The Bertz CT molecular complexity index is 1340. The Labute approximate surface area is 210 Å². The zero-order chi connectivity index (χ0) is 24.9. The van der Waals surface area contributed by atoms with E-state index in [0.29, 0.717) is 29.5 Å². The van der Waals surface area contributed by atoms with Gasteiger partial charge in [0.05, 0.1) is 6.10 Å². The number of carbonyl (C=O) groups is 1. The number of ether oxygens (including phenoxy) is 1. The summed E-state index contributed by atoms with van der Waals surface area (Å²) in [6.07, 6.45) is 0.612. The number of nitrogens with zero attached hydrogens (tertiary/aromatic N) is 1. The molecule has 2 N–H and O–H groups in total. The van der Waals surface area contributed by atoms with Crippen LogP contribution in [-0.4, -0.2) is 22.1 Å². The first kappa shape index (κ1) is 24.4. The van der Waals surface area contributed by atoms with Gasteiger partial charge in [0.25, 0.3) is 5.91 Å². The molecule has 7 heteroatoms. The number of thiocarbonyl (C=S) groups is 1. The molecule has 0 radical (unpaired) electrons. The van der Waals surface area contributed by atoms with Gasteiger partial charge in [0.15, 0.2) is 16.6 Å². The first-order valence-corrected chi connectivity index (χ1v) is 12.0. The Balaban J connectivity index is 1.34. The molecule has 6 nitrogen and oxygen atoms in total. The third kappa shape index (κ3) is 6.45. The SMILES string of the molecule is CC(C)Oc1cccc(C(=O)NC(=S)Nc2ccc(Cc3nc4cc(C(C)C)ccc4o3)cc2)c1. The van der Waals surface area contributed by atoms with Crippen LogP contribution in [0.25, 0.3) is 11.1 Å². The van der Waals surface area contributed by atoms with Crippen molar-refractivity contribution in [1.82, 2.24) is 10.3 Å². The maximum Gasteiger partial charge on any atom is 0.257 e. The summed E-state index contributed by atoms with van der Waals surface area (Å²) in [6.45, 7) is 8.20. The maximum absolute atomic E-state index is 12.6. The van der Waals surface area contributed by atoms with E-state index in [0.717, 1.165) is 22.4 Å². The van der Waals surface area contributed by atoms with E-state index in [4.69, 9.17) is 21.4 Å². The van der Waals surface area contributed by atoms with Crippen LogP contribution < -0.4 is 15.4 Å². The van der Waals surface area contributed by atoms with Gasteiger partial charge in [-0.05, 0) is 85.6 Å². The van der Waals surface area contributed by atoms with Crippen LogP contribution in [0.5, 0.6) is 5.75 Å². The molecule has 0 atom stereocenters. The summed E-state index contributed by atoms with van der Waals surface area (Å²) in [5.74, 6) is 1.46. The fourth-order valence-corrected chi connectivity index (χ4v) is 3.84. The lowest BCUT2D eigenvalue weighted by molar-refractivity contribution is 0.0977. The van der Waals surface area contributed by atoms with E-state index in [-0.39, 0.29) is 17.1 Å². The van der Waals surface area contributed by atoms with Crippen molar-refractivity contribution in [3.05, 3.63) is 89.3 Å². The number of hydrogen-bond donors (Lipinski definition) is 2. The Hall–Kier alpha value is -3.71. The van der Waals surface area contributed by atoms with Gasteiger partial charge < -0.3 is 14.5 Å². The Kier molecular flexibility index (Phi) is 7.46.